The number of alkyl halides is 3. The van der Waals surface area contributed by atoms with E-state index in [2.05, 4.69) is 15.2 Å². The molecule has 0 radical (unpaired) electrons. The number of pyridine rings is 1. The fourth-order valence-electron chi connectivity index (χ4n) is 3.40. The molecule has 0 atom stereocenters. The fraction of sp³-hybridized carbons (Fsp3) is 0.438. The van der Waals surface area contributed by atoms with Gasteiger partial charge in [-0.1, -0.05) is 11.6 Å². The molecule has 1 saturated carbocycles. The number of H-pyrrole nitrogens is 1. The van der Waals surface area contributed by atoms with E-state index in [9.17, 15) is 18.0 Å². The third kappa shape index (κ3) is 3.45. The second-order valence-corrected chi connectivity index (χ2v) is 6.37. The smallest absolute Gasteiger partial charge is 0.268 e. The Kier molecular flexibility index (Phi) is 4.62. The van der Waals surface area contributed by atoms with Crippen LogP contribution in [0.4, 0.5) is 13.2 Å². The van der Waals surface area contributed by atoms with Crippen LogP contribution >= 0.6 is 11.6 Å². The number of nitrogens with zero attached hydrogens (tertiary/aromatic N) is 2. The van der Waals surface area contributed by atoms with E-state index >= 15 is 0 Å². The first-order chi connectivity index (χ1) is 11.4. The van der Waals surface area contributed by atoms with Gasteiger partial charge in [0.05, 0.1) is 5.56 Å². The molecule has 128 valence electrons. The normalized spacial score (nSPS) is 21.7. The molecule has 3 rings (SSSR count). The van der Waals surface area contributed by atoms with Crippen molar-refractivity contribution in [2.45, 2.75) is 43.7 Å². The lowest BCUT2D eigenvalue weighted by Crippen LogP contribution is -2.22. The minimum atomic E-state index is -4.38. The zero-order valence-corrected chi connectivity index (χ0v) is 13.4. The van der Waals surface area contributed by atoms with Crippen LogP contribution in [-0.2, 0) is 6.18 Å². The molecular formula is C16H15ClF3N3O. The van der Waals surface area contributed by atoms with Gasteiger partial charge in [0, 0.05) is 18.0 Å². The highest BCUT2D eigenvalue weighted by molar-refractivity contribution is 6.29. The van der Waals surface area contributed by atoms with Crippen LogP contribution in [0.1, 0.15) is 54.2 Å². The van der Waals surface area contributed by atoms with Crippen molar-refractivity contribution in [2.24, 2.45) is 0 Å². The topological polar surface area (TPSA) is 58.6 Å². The molecule has 1 aliphatic rings. The molecular weight excluding hydrogens is 343 g/mol. The van der Waals surface area contributed by atoms with E-state index in [1.54, 1.807) is 0 Å². The lowest BCUT2D eigenvalue weighted by Gasteiger charge is -2.29. The fourth-order valence-corrected chi connectivity index (χ4v) is 3.56. The van der Waals surface area contributed by atoms with Gasteiger partial charge in [0.2, 0.25) is 0 Å². The van der Waals surface area contributed by atoms with E-state index in [0.717, 1.165) is 12.3 Å². The summed E-state index contributed by atoms with van der Waals surface area (Å²) >= 11 is 5.82. The standard InChI is InChI=1S/C16H15ClF3N3O/c17-14-7-11(15(24)23-22-14)9-1-3-10(4-2-9)12-8-21-6-5-13(12)16(18,19)20/h5-10H,1-4H2,(H,23,24). The summed E-state index contributed by atoms with van der Waals surface area (Å²) in [6.07, 6.45) is 0.476. The Bertz CT molecular complexity index is 783. The molecule has 2 aromatic heterocycles. The van der Waals surface area contributed by atoms with Gasteiger partial charge >= 0.3 is 6.18 Å². The number of nitrogens with one attached hydrogen (secondary N) is 1. The summed E-state index contributed by atoms with van der Waals surface area (Å²) in [5.74, 6) is -0.223. The van der Waals surface area contributed by atoms with E-state index in [1.807, 2.05) is 0 Å². The van der Waals surface area contributed by atoms with E-state index in [0.29, 0.717) is 31.2 Å². The van der Waals surface area contributed by atoms with Crippen LogP contribution in [0.3, 0.4) is 0 Å². The van der Waals surface area contributed by atoms with Crippen LogP contribution < -0.4 is 5.56 Å². The summed E-state index contributed by atoms with van der Waals surface area (Å²) < 4.78 is 39.4. The highest BCUT2D eigenvalue weighted by Gasteiger charge is 2.36. The lowest BCUT2D eigenvalue weighted by atomic mass is 9.76. The molecule has 8 heteroatoms. The minimum Gasteiger partial charge on any atom is -0.268 e. The molecule has 2 aromatic rings. The number of aromatic nitrogens is 3. The molecule has 0 aromatic carbocycles. The van der Waals surface area contributed by atoms with Gasteiger partial charge in [0.1, 0.15) is 5.15 Å². The molecule has 2 heterocycles. The molecule has 0 saturated heterocycles. The summed E-state index contributed by atoms with van der Waals surface area (Å²) in [7, 11) is 0. The highest BCUT2D eigenvalue weighted by Crippen LogP contribution is 2.43. The van der Waals surface area contributed by atoms with E-state index in [-0.39, 0.29) is 28.1 Å². The molecule has 24 heavy (non-hydrogen) atoms. The maximum atomic E-state index is 13.1. The number of hydrogen-bond acceptors (Lipinski definition) is 3. The third-order valence-corrected chi connectivity index (χ3v) is 4.76. The molecule has 4 nitrogen and oxygen atoms in total. The Balaban J connectivity index is 1.79. The molecule has 0 aliphatic heterocycles. The number of aromatic amines is 1. The van der Waals surface area contributed by atoms with Crippen molar-refractivity contribution in [2.75, 3.05) is 0 Å². The van der Waals surface area contributed by atoms with Crippen LogP contribution in [0, 0.1) is 0 Å². The summed E-state index contributed by atoms with van der Waals surface area (Å²) in [5.41, 5.74) is -0.119. The maximum Gasteiger partial charge on any atom is 0.416 e. The van der Waals surface area contributed by atoms with Gasteiger partial charge in [0.15, 0.2) is 0 Å². The van der Waals surface area contributed by atoms with Crippen LogP contribution in [0.5, 0.6) is 0 Å². The predicted molar refractivity (Wildman–Crippen MR) is 83.1 cm³/mol. The highest BCUT2D eigenvalue weighted by atomic mass is 35.5. The van der Waals surface area contributed by atoms with Crippen molar-refractivity contribution in [1.82, 2.24) is 15.2 Å². The Morgan fingerprint density at radius 1 is 1.12 bits per heavy atom. The van der Waals surface area contributed by atoms with Crippen molar-refractivity contribution in [3.05, 3.63) is 56.7 Å². The van der Waals surface area contributed by atoms with Crippen LogP contribution in [-0.4, -0.2) is 15.2 Å². The van der Waals surface area contributed by atoms with Gasteiger partial charge < -0.3 is 0 Å². The van der Waals surface area contributed by atoms with Crippen LogP contribution in [0.2, 0.25) is 5.15 Å². The maximum absolute atomic E-state index is 13.1. The molecule has 0 spiro atoms. The zero-order valence-electron chi connectivity index (χ0n) is 12.6. The van der Waals surface area contributed by atoms with E-state index in [1.165, 1.54) is 12.3 Å². The molecule has 0 amide bonds. The van der Waals surface area contributed by atoms with Gasteiger partial charge in [-0.05, 0) is 55.2 Å². The zero-order chi connectivity index (χ0) is 17.3. The SMILES string of the molecule is O=c1[nH]nc(Cl)cc1C1CCC(c2cnccc2C(F)(F)F)CC1. The van der Waals surface area contributed by atoms with E-state index in [4.69, 9.17) is 11.6 Å². The number of halogens is 4. The first kappa shape index (κ1) is 17.0. The Morgan fingerprint density at radius 3 is 2.38 bits per heavy atom. The van der Waals surface area contributed by atoms with Gasteiger partial charge in [0.25, 0.3) is 5.56 Å². The quantitative estimate of drug-likeness (QED) is 0.872. The monoisotopic (exact) mass is 357 g/mol. The third-order valence-electron chi connectivity index (χ3n) is 4.57. The van der Waals surface area contributed by atoms with Crippen molar-refractivity contribution >= 4 is 11.6 Å². The summed E-state index contributed by atoms with van der Waals surface area (Å²) in [6, 6.07) is 2.56. The first-order valence-electron chi connectivity index (χ1n) is 7.62. The largest absolute Gasteiger partial charge is 0.416 e. The van der Waals surface area contributed by atoms with Crippen molar-refractivity contribution in [3.63, 3.8) is 0 Å². The average Bonchev–Trinajstić information content (AvgIpc) is 2.56. The van der Waals surface area contributed by atoms with Gasteiger partial charge in [-0.15, -0.1) is 0 Å². The first-order valence-corrected chi connectivity index (χ1v) is 8.00. The van der Waals surface area contributed by atoms with Crippen molar-refractivity contribution in [3.8, 4) is 0 Å². The van der Waals surface area contributed by atoms with Gasteiger partial charge in [-0.25, -0.2) is 5.10 Å². The molecule has 1 aliphatic carbocycles. The minimum absolute atomic E-state index is 0.0171. The average molecular weight is 358 g/mol. The second kappa shape index (κ2) is 6.55. The Labute approximate surface area is 141 Å². The van der Waals surface area contributed by atoms with Crippen LogP contribution in [0.25, 0.3) is 0 Å². The second-order valence-electron chi connectivity index (χ2n) is 5.98. The summed E-state index contributed by atoms with van der Waals surface area (Å²) in [4.78, 5) is 15.7. The summed E-state index contributed by atoms with van der Waals surface area (Å²) in [5, 5.41) is 6.18. The molecule has 1 fully saturated rings. The number of hydrogen-bond donors (Lipinski definition) is 1. The van der Waals surface area contributed by atoms with Crippen LogP contribution in [0.15, 0.2) is 29.3 Å². The Morgan fingerprint density at radius 2 is 1.75 bits per heavy atom. The summed E-state index contributed by atoms with van der Waals surface area (Å²) in [6.45, 7) is 0. The van der Waals surface area contributed by atoms with E-state index < -0.39 is 11.7 Å². The molecule has 0 unspecified atom stereocenters. The van der Waals surface area contributed by atoms with Gasteiger partial charge in [-0.2, -0.15) is 18.3 Å². The molecule has 0 bridgehead atoms. The predicted octanol–water partition coefficient (Wildman–Crippen LogP) is 4.28. The van der Waals surface area contributed by atoms with Crippen molar-refractivity contribution < 1.29 is 13.2 Å². The lowest BCUT2D eigenvalue weighted by molar-refractivity contribution is -0.138. The molecule has 1 N–H and O–H groups in total. The van der Waals surface area contributed by atoms with Gasteiger partial charge in [-0.3, -0.25) is 9.78 Å². The Hall–Kier alpha value is -1.89. The number of rotatable bonds is 2. The van der Waals surface area contributed by atoms with Crippen molar-refractivity contribution in [1.29, 1.82) is 0 Å².